The Kier molecular flexibility index (Phi) is 5.99. The van der Waals surface area contributed by atoms with Gasteiger partial charge in [-0.2, -0.15) is 0 Å². The molecule has 1 aromatic heterocycles. The minimum absolute atomic E-state index is 0.000415. The molecular formula is C16H25N3O2. The topological polar surface area (TPSA) is 54.5 Å². The number of anilines is 1. The summed E-state index contributed by atoms with van der Waals surface area (Å²) in [5, 5.41) is 3.29. The first-order valence-electron chi connectivity index (χ1n) is 7.85. The van der Waals surface area contributed by atoms with E-state index in [0.29, 0.717) is 18.8 Å². The highest BCUT2D eigenvalue weighted by Crippen LogP contribution is 2.17. The second-order valence-electron chi connectivity index (χ2n) is 5.33. The average molecular weight is 291 g/mol. The predicted molar refractivity (Wildman–Crippen MR) is 83.6 cm³/mol. The van der Waals surface area contributed by atoms with Crippen LogP contribution in [0.3, 0.4) is 0 Å². The van der Waals surface area contributed by atoms with Gasteiger partial charge >= 0.3 is 0 Å². The molecule has 1 atom stereocenters. The molecule has 0 saturated carbocycles. The van der Waals surface area contributed by atoms with Gasteiger partial charge in [0.15, 0.2) is 0 Å². The Bertz CT molecular complexity index is 463. The first-order chi connectivity index (χ1) is 10.2. The minimum Gasteiger partial charge on any atom is -0.385 e. The molecule has 5 nitrogen and oxygen atoms in total. The van der Waals surface area contributed by atoms with E-state index in [1.165, 1.54) is 0 Å². The molecule has 0 spiro atoms. The van der Waals surface area contributed by atoms with Crippen LogP contribution in [0.25, 0.3) is 0 Å². The molecule has 1 amide bonds. The molecule has 5 heteroatoms. The summed E-state index contributed by atoms with van der Waals surface area (Å²) in [6.45, 7) is 7.15. The van der Waals surface area contributed by atoms with E-state index in [4.69, 9.17) is 4.74 Å². The number of rotatable bonds is 6. The number of amides is 1. The van der Waals surface area contributed by atoms with Crippen molar-refractivity contribution >= 4 is 11.6 Å². The Labute approximate surface area is 126 Å². The molecule has 1 saturated heterocycles. The normalized spacial score (nSPS) is 18.6. The summed E-state index contributed by atoms with van der Waals surface area (Å²) in [6.07, 6.45) is 4.92. The maximum Gasteiger partial charge on any atom is 0.272 e. The Morgan fingerprint density at radius 3 is 3.14 bits per heavy atom. The molecule has 0 bridgehead atoms. The van der Waals surface area contributed by atoms with E-state index in [0.717, 1.165) is 38.0 Å². The first kappa shape index (κ1) is 15.8. The number of carbonyl (C=O) groups excluding carboxylic acids is 1. The van der Waals surface area contributed by atoms with Gasteiger partial charge < -0.3 is 15.0 Å². The van der Waals surface area contributed by atoms with Crippen LogP contribution in [0, 0.1) is 0 Å². The standard InChI is InChI=1S/C16H25N3O2/c1-3-8-17-13-7-9-18-15(11-13)16(20)19-10-5-6-14(12-19)21-4-2/h7,9,11,14H,3-6,8,10,12H2,1-2H3,(H,17,18). The van der Waals surface area contributed by atoms with Gasteiger partial charge in [-0.15, -0.1) is 0 Å². The highest BCUT2D eigenvalue weighted by Gasteiger charge is 2.25. The monoisotopic (exact) mass is 291 g/mol. The lowest BCUT2D eigenvalue weighted by Crippen LogP contribution is -2.43. The second-order valence-corrected chi connectivity index (χ2v) is 5.33. The number of piperidine rings is 1. The van der Waals surface area contributed by atoms with Crippen molar-refractivity contribution in [1.29, 1.82) is 0 Å². The Hall–Kier alpha value is -1.62. The molecule has 2 heterocycles. The van der Waals surface area contributed by atoms with Crippen LogP contribution in [-0.2, 0) is 4.74 Å². The molecule has 21 heavy (non-hydrogen) atoms. The van der Waals surface area contributed by atoms with Crippen molar-refractivity contribution in [2.24, 2.45) is 0 Å². The minimum atomic E-state index is -0.000415. The number of nitrogens with one attached hydrogen (secondary N) is 1. The molecule has 1 aliphatic heterocycles. The van der Waals surface area contributed by atoms with Gasteiger partial charge in [-0.05, 0) is 38.3 Å². The van der Waals surface area contributed by atoms with Gasteiger partial charge in [-0.1, -0.05) is 6.92 Å². The summed E-state index contributed by atoms with van der Waals surface area (Å²) in [4.78, 5) is 18.6. The van der Waals surface area contributed by atoms with Crippen LogP contribution in [0.2, 0.25) is 0 Å². The van der Waals surface area contributed by atoms with Crippen molar-refractivity contribution in [2.75, 3.05) is 31.6 Å². The number of hydrogen-bond acceptors (Lipinski definition) is 4. The van der Waals surface area contributed by atoms with Gasteiger partial charge in [0.05, 0.1) is 6.10 Å². The van der Waals surface area contributed by atoms with Gasteiger partial charge in [-0.25, -0.2) is 0 Å². The maximum absolute atomic E-state index is 12.6. The molecular weight excluding hydrogens is 266 g/mol. The SMILES string of the molecule is CCCNc1ccnc(C(=O)N2CCCC(OCC)C2)c1. The van der Waals surface area contributed by atoms with Crippen LogP contribution in [0.4, 0.5) is 5.69 Å². The largest absolute Gasteiger partial charge is 0.385 e. The van der Waals surface area contributed by atoms with Crippen LogP contribution in [0.1, 0.15) is 43.6 Å². The molecule has 0 aromatic carbocycles. The molecule has 1 fully saturated rings. The lowest BCUT2D eigenvalue weighted by Gasteiger charge is -2.32. The van der Waals surface area contributed by atoms with Gasteiger partial charge in [0, 0.05) is 38.1 Å². The van der Waals surface area contributed by atoms with Gasteiger partial charge in [-0.3, -0.25) is 9.78 Å². The zero-order valence-corrected chi connectivity index (χ0v) is 13.0. The fourth-order valence-corrected chi connectivity index (χ4v) is 2.58. The molecule has 1 unspecified atom stereocenters. The average Bonchev–Trinajstić information content (AvgIpc) is 2.53. The number of pyridine rings is 1. The van der Waals surface area contributed by atoms with Crippen LogP contribution < -0.4 is 5.32 Å². The third-order valence-corrected chi connectivity index (χ3v) is 3.63. The van der Waals surface area contributed by atoms with Crippen LogP contribution in [0.5, 0.6) is 0 Å². The second kappa shape index (κ2) is 7.98. The van der Waals surface area contributed by atoms with Crippen molar-refractivity contribution in [2.45, 2.75) is 39.2 Å². The third-order valence-electron chi connectivity index (χ3n) is 3.63. The van der Waals surface area contributed by atoms with Gasteiger partial charge in [0.1, 0.15) is 5.69 Å². The summed E-state index contributed by atoms with van der Waals surface area (Å²) >= 11 is 0. The van der Waals surface area contributed by atoms with Crippen molar-refractivity contribution in [3.63, 3.8) is 0 Å². The predicted octanol–water partition coefficient (Wildman–Crippen LogP) is 2.54. The molecule has 1 aromatic rings. The fraction of sp³-hybridized carbons (Fsp3) is 0.625. The van der Waals surface area contributed by atoms with Crippen molar-refractivity contribution in [1.82, 2.24) is 9.88 Å². The van der Waals surface area contributed by atoms with Crippen molar-refractivity contribution in [3.8, 4) is 0 Å². The Balaban J connectivity index is 2.01. The zero-order chi connectivity index (χ0) is 15.1. The van der Waals surface area contributed by atoms with E-state index >= 15 is 0 Å². The highest BCUT2D eigenvalue weighted by molar-refractivity contribution is 5.93. The van der Waals surface area contributed by atoms with E-state index in [-0.39, 0.29) is 12.0 Å². The van der Waals surface area contributed by atoms with Gasteiger partial charge in [0.2, 0.25) is 0 Å². The zero-order valence-electron chi connectivity index (χ0n) is 13.0. The summed E-state index contributed by atoms with van der Waals surface area (Å²) in [5.74, 6) is -0.000415. The molecule has 1 N–H and O–H groups in total. The quantitative estimate of drug-likeness (QED) is 0.875. The van der Waals surface area contributed by atoms with E-state index in [2.05, 4.69) is 17.2 Å². The first-order valence-corrected chi connectivity index (χ1v) is 7.85. The van der Waals surface area contributed by atoms with Crippen molar-refractivity contribution < 1.29 is 9.53 Å². The van der Waals surface area contributed by atoms with E-state index < -0.39 is 0 Å². The number of carbonyl (C=O) groups is 1. The van der Waals surface area contributed by atoms with E-state index in [9.17, 15) is 4.79 Å². The van der Waals surface area contributed by atoms with Crippen LogP contribution >= 0.6 is 0 Å². The fourth-order valence-electron chi connectivity index (χ4n) is 2.58. The van der Waals surface area contributed by atoms with E-state index in [1.807, 2.05) is 24.0 Å². The summed E-state index contributed by atoms with van der Waals surface area (Å²) in [5.41, 5.74) is 1.46. The number of aromatic nitrogens is 1. The van der Waals surface area contributed by atoms with Gasteiger partial charge in [0.25, 0.3) is 5.91 Å². The van der Waals surface area contributed by atoms with Crippen molar-refractivity contribution in [3.05, 3.63) is 24.0 Å². The molecule has 2 rings (SSSR count). The Morgan fingerprint density at radius 2 is 2.38 bits per heavy atom. The molecule has 0 radical (unpaired) electrons. The molecule has 0 aliphatic carbocycles. The summed E-state index contributed by atoms with van der Waals surface area (Å²) < 4.78 is 5.65. The summed E-state index contributed by atoms with van der Waals surface area (Å²) in [7, 11) is 0. The number of ether oxygens (including phenoxy) is 1. The number of hydrogen-bond donors (Lipinski definition) is 1. The Morgan fingerprint density at radius 1 is 1.52 bits per heavy atom. The highest BCUT2D eigenvalue weighted by atomic mass is 16.5. The van der Waals surface area contributed by atoms with Crippen LogP contribution in [-0.4, -0.2) is 48.1 Å². The lowest BCUT2D eigenvalue weighted by atomic mass is 10.1. The number of likely N-dealkylation sites (tertiary alicyclic amines) is 1. The van der Waals surface area contributed by atoms with E-state index in [1.54, 1.807) is 6.20 Å². The number of nitrogens with zero attached hydrogens (tertiary/aromatic N) is 2. The molecule has 116 valence electrons. The summed E-state index contributed by atoms with van der Waals surface area (Å²) in [6, 6.07) is 3.73. The van der Waals surface area contributed by atoms with Crippen LogP contribution in [0.15, 0.2) is 18.3 Å². The molecule has 1 aliphatic rings. The maximum atomic E-state index is 12.6. The third kappa shape index (κ3) is 4.43. The smallest absolute Gasteiger partial charge is 0.272 e. The lowest BCUT2D eigenvalue weighted by molar-refractivity contribution is 0.00703.